The first-order valence-electron chi connectivity index (χ1n) is 6.11. The van der Waals surface area contributed by atoms with E-state index in [-0.39, 0.29) is 0 Å². The van der Waals surface area contributed by atoms with E-state index in [0.717, 1.165) is 19.0 Å². The second-order valence-corrected chi connectivity index (χ2v) is 4.74. The zero-order valence-electron chi connectivity index (χ0n) is 9.92. The van der Waals surface area contributed by atoms with Gasteiger partial charge in [-0.05, 0) is 64.1 Å². The van der Waals surface area contributed by atoms with Gasteiger partial charge in [-0.1, -0.05) is 0 Å². The summed E-state index contributed by atoms with van der Waals surface area (Å²) >= 11 is 0. The number of aromatic nitrogens is 1. The molecule has 1 aromatic rings. The van der Waals surface area contributed by atoms with Crippen LogP contribution in [0.2, 0.25) is 0 Å². The lowest BCUT2D eigenvalue weighted by atomic mass is 10.1. The maximum Gasteiger partial charge on any atom is 0.0337 e. The summed E-state index contributed by atoms with van der Waals surface area (Å²) in [5, 5.41) is 0. The average molecular weight is 206 g/mol. The van der Waals surface area contributed by atoms with Crippen LogP contribution in [0, 0.1) is 13.8 Å². The van der Waals surface area contributed by atoms with Gasteiger partial charge in [0.15, 0.2) is 0 Å². The third-order valence-corrected chi connectivity index (χ3v) is 3.40. The van der Waals surface area contributed by atoms with Crippen molar-refractivity contribution in [2.45, 2.75) is 52.0 Å². The third-order valence-electron chi connectivity index (χ3n) is 3.40. The first-order valence-corrected chi connectivity index (χ1v) is 6.11. The monoisotopic (exact) mass is 206 g/mol. The molecule has 2 nitrogen and oxygen atoms in total. The van der Waals surface area contributed by atoms with Gasteiger partial charge in [0.2, 0.25) is 0 Å². The molecule has 0 radical (unpaired) electrons. The van der Waals surface area contributed by atoms with Crippen LogP contribution in [0.3, 0.4) is 0 Å². The Morgan fingerprint density at radius 1 is 1.33 bits per heavy atom. The van der Waals surface area contributed by atoms with Crippen molar-refractivity contribution in [2.24, 2.45) is 5.73 Å². The van der Waals surface area contributed by atoms with Gasteiger partial charge in [-0.2, -0.15) is 0 Å². The molecular formula is C13H22N2. The van der Waals surface area contributed by atoms with E-state index in [0.29, 0.717) is 0 Å². The Morgan fingerprint density at radius 3 is 2.67 bits per heavy atom. The summed E-state index contributed by atoms with van der Waals surface area (Å²) in [5.41, 5.74) is 9.99. The summed E-state index contributed by atoms with van der Waals surface area (Å²) in [7, 11) is 0. The normalized spacial score (nSPS) is 15.9. The molecule has 0 amide bonds. The molecule has 0 bridgehead atoms. The highest BCUT2D eigenvalue weighted by Crippen LogP contribution is 2.38. The number of hydrogen-bond acceptors (Lipinski definition) is 1. The summed E-state index contributed by atoms with van der Waals surface area (Å²) < 4.78 is 2.53. The second-order valence-electron chi connectivity index (χ2n) is 4.74. The highest BCUT2D eigenvalue weighted by molar-refractivity contribution is 5.28. The molecule has 0 aliphatic heterocycles. The molecule has 1 aliphatic carbocycles. The van der Waals surface area contributed by atoms with E-state index in [9.17, 15) is 0 Å². The SMILES string of the molecule is Cc1cc(CCCCN)c(C)n1C1CC1. The van der Waals surface area contributed by atoms with Crippen LogP contribution in [-0.2, 0) is 6.42 Å². The highest BCUT2D eigenvalue weighted by atomic mass is 15.1. The Morgan fingerprint density at radius 2 is 2.07 bits per heavy atom. The van der Waals surface area contributed by atoms with Crippen LogP contribution in [0.5, 0.6) is 0 Å². The van der Waals surface area contributed by atoms with E-state index in [1.54, 1.807) is 0 Å². The molecule has 2 N–H and O–H groups in total. The van der Waals surface area contributed by atoms with Gasteiger partial charge in [-0.15, -0.1) is 0 Å². The molecule has 1 fully saturated rings. The third kappa shape index (κ3) is 2.25. The van der Waals surface area contributed by atoms with Crippen molar-refractivity contribution in [2.75, 3.05) is 6.54 Å². The predicted molar refractivity (Wildman–Crippen MR) is 64.2 cm³/mol. The van der Waals surface area contributed by atoms with Crippen molar-refractivity contribution < 1.29 is 0 Å². The van der Waals surface area contributed by atoms with Crippen LogP contribution in [0.25, 0.3) is 0 Å². The summed E-state index contributed by atoms with van der Waals surface area (Å²) in [6.45, 7) is 5.32. The van der Waals surface area contributed by atoms with Gasteiger partial charge in [0.05, 0.1) is 0 Å². The van der Waals surface area contributed by atoms with Crippen LogP contribution in [0.15, 0.2) is 6.07 Å². The van der Waals surface area contributed by atoms with Crippen LogP contribution < -0.4 is 5.73 Å². The minimum Gasteiger partial charge on any atom is -0.346 e. The lowest BCUT2D eigenvalue weighted by molar-refractivity contribution is 0.688. The minimum atomic E-state index is 0.813. The maximum atomic E-state index is 5.52. The standard InChI is InChI=1S/C13H22N2/c1-10-9-12(5-3-4-8-14)11(2)15(10)13-6-7-13/h9,13H,3-8,14H2,1-2H3. The Hall–Kier alpha value is -0.760. The minimum absolute atomic E-state index is 0.813. The number of nitrogens with two attached hydrogens (primary N) is 1. The van der Waals surface area contributed by atoms with Gasteiger partial charge in [0.1, 0.15) is 0 Å². The maximum absolute atomic E-state index is 5.52. The first kappa shape index (κ1) is 10.7. The number of aryl methyl sites for hydroxylation is 2. The van der Waals surface area contributed by atoms with E-state index in [1.807, 2.05) is 0 Å². The second kappa shape index (κ2) is 4.40. The summed E-state index contributed by atoms with van der Waals surface area (Å²) in [4.78, 5) is 0. The average Bonchev–Trinajstić information content (AvgIpc) is 2.97. The molecule has 0 unspecified atom stereocenters. The fraction of sp³-hybridized carbons (Fsp3) is 0.692. The lowest BCUT2D eigenvalue weighted by Crippen LogP contribution is -2.01. The van der Waals surface area contributed by atoms with Crippen molar-refractivity contribution in [3.63, 3.8) is 0 Å². The van der Waals surface area contributed by atoms with Gasteiger partial charge in [0.25, 0.3) is 0 Å². The van der Waals surface area contributed by atoms with Crippen LogP contribution >= 0.6 is 0 Å². The summed E-state index contributed by atoms with van der Waals surface area (Å²) in [5.74, 6) is 0. The van der Waals surface area contributed by atoms with E-state index in [2.05, 4.69) is 24.5 Å². The van der Waals surface area contributed by atoms with Gasteiger partial charge >= 0.3 is 0 Å². The first-order chi connectivity index (χ1) is 7.24. The fourth-order valence-electron chi connectivity index (χ4n) is 2.45. The zero-order chi connectivity index (χ0) is 10.8. The van der Waals surface area contributed by atoms with E-state index in [4.69, 9.17) is 5.73 Å². The topological polar surface area (TPSA) is 30.9 Å². The molecule has 0 aromatic carbocycles. The Kier molecular flexibility index (Phi) is 3.15. The molecule has 0 spiro atoms. The molecule has 1 aromatic heterocycles. The van der Waals surface area contributed by atoms with Gasteiger partial charge in [-0.3, -0.25) is 0 Å². The predicted octanol–water partition coefficient (Wildman–Crippen LogP) is 2.72. The molecular weight excluding hydrogens is 184 g/mol. The van der Waals surface area contributed by atoms with Gasteiger partial charge in [0, 0.05) is 17.4 Å². The molecule has 0 saturated heterocycles. The number of unbranched alkanes of at least 4 members (excludes halogenated alkanes) is 1. The van der Waals surface area contributed by atoms with Crippen LogP contribution in [0.1, 0.15) is 48.7 Å². The molecule has 15 heavy (non-hydrogen) atoms. The molecule has 84 valence electrons. The van der Waals surface area contributed by atoms with Crippen LogP contribution in [-0.4, -0.2) is 11.1 Å². The Labute approximate surface area is 92.5 Å². The summed E-state index contributed by atoms with van der Waals surface area (Å²) in [6.07, 6.45) is 6.32. The lowest BCUT2D eigenvalue weighted by Gasteiger charge is -2.07. The highest BCUT2D eigenvalue weighted by Gasteiger charge is 2.26. The van der Waals surface area contributed by atoms with Gasteiger partial charge in [-0.25, -0.2) is 0 Å². The Bertz CT molecular complexity index is 335. The number of rotatable bonds is 5. The van der Waals surface area contributed by atoms with Crippen molar-refractivity contribution in [3.8, 4) is 0 Å². The van der Waals surface area contributed by atoms with E-state index < -0.39 is 0 Å². The van der Waals surface area contributed by atoms with Crippen molar-refractivity contribution >= 4 is 0 Å². The number of hydrogen-bond donors (Lipinski definition) is 1. The molecule has 0 atom stereocenters. The van der Waals surface area contributed by atoms with Gasteiger partial charge < -0.3 is 10.3 Å². The van der Waals surface area contributed by atoms with E-state index in [1.165, 1.54) is 42.6 Å². The van der Waals surface area contributed by atoms with Crippen molar-refractivity contribution in [1.29, 1.82) is 0 Å². The summed E-state index contributed by atoms with van der Waals surface area (Å²) in [6, 6.07) is 3.18. The molecule has 2 rings (SSSR count). The van der Waals surface area contributed by atoms with Crippen molar-refractivity contribution in [1.82, 2.24) is 4.57 Å². The largest absolute Gasteiger partial charge is 0.346 e. The molecule has 1 heterocycles. The smallest absolute Gasteiger partial charge is 0.0337 e. The van der Waals surface area contributed by atoms with E-state index >= 15 is 0 Å². The Balaban J connectivity index is 2.07. The molecule has 1 saturated carbocycles. The number of nitrogens with zero attached hydrogens (tertiary/aromatic N) is 1. The zero-order valence-corrected chi connectivity index (χ0v) is 9.92. The molecule has 2 heteroatoms. The molecule has 1 aliphatic rings. The quantitative estimate of drug-likeness (QED) is 0.738. The van der Waals surface area contributed by atoms with Crippen LogP contribution in [0.4, 0.5) is 0 Å². The fourth-order valence-corrected chi connectivity index (χ4v) is 2.45. The van der Waals surface area contributed by atoms with Crippen molar-refractivity contribution in [3.05, 3.63) is 23.0 Å².